The van der Waals surface area contributed by atoms with Gasteiger partial charge in [0.2, 0.25) is 5.91 Å². The number of thioether (sulfide) groups is 1. The molecule has 2 aromatic rings. The summed E-state index contributed by atoms with van der Waals surface area (Å²) in [5.41, 5.74) is 7.30. The standard InChI is InChI=1S/C13H18N6OS/c1-9-16-17-18-19(9)11-5-3-4-10(8-11)15-13(20)12(14)6-7-21-2/h3-5,8,12H,6-7,14H2,1-2H3,(H,15,20)/t12-/m0/s1. The fourth-order valence-electron chi connectivity index (χ4n) is 1.80. The number of carbonyl (C=O) groups excluding carboxylic acids is 1. The van der Waals surface area contributed by atoms with E-state index in [1.807, 2.05) is 37.4 Å². The monoisotopic (exact) mass is 306 g/mol. The van der Waals surface area contributed by atoms with E-state index in [0.29, 0.717) is 17.9 Å². The number of nitrogens with zero attached hydrogens (tertiary/aromatic N) is 4. The SMILES string of the molecule is CSCC[C@H](N)C(=O)Nc1cccc(-n2nnnc2C)c1. The molecule has 21 heavy (non-hydrogen) atoms. The summed E-state index contributed by atoms with van der Waals surface area (Å²) >= 11 is 1.67. The molecule has 0 unspecified atom stereocenters. The van der Waals surface area contributed by atoms with Crippen molar-refractivity contribution in [3.8, 4) is 5.69 Å². The molecule has 8 heteroatoms. The summed E-state index contributed by atoms with van der Waals surface area (Å²) in [6, 6.07) is 6.81. The molecule has 3 N–H and O–H groups in total. The molecule has 1 atom stereocenters. The first kappa shape index (κ1) is 15.5. The Morgan fingerprint density at radius 2 is 2.33 bits per heavy atom. The van der Waals surface area contributed by atoms with Crippen LogP contribution in [0.2, 0.25) is 0 Å². The molecule has 0 fully saturated rings. The lowest BCUT2D eigenvalue weighted by atomic mass is 10.2. The molecule has 1 heterocycles. The van der Waals surface area contributed by atoms with Gasteiger partial charge in [-0.2, -0.15) is 16.4 Å². The van der Waals surface area contributed by atoms with E-state index in [4.69, 9.17) is 5.73 Å². The van der Waals surface area contributed by atoms with Crippen LogP contribution < -0.4 is 11.1 Å². The Balaban J connectivity index is 2.08. The summed E-state index contributed by atoms with van der Waals surface area (Å²) < 4.78 is 1.60. The van der Waals surface area contributed by atoms with Crippen LogP contribution in [0.15, 0.2) is 24.3 Å². The van der Waals surface area contributed by atoms with Crippen LogP contribution in [0.3, 0.4) is 0 Å². The molecule has 7 nitrogen and oxygen atoms in total. The molecule has 0 saturated heterocycles. The molecule has 0 saturated carbocycles. The van der Waals surface area contributed by atoms with Crippen LogP contribution >= 0.6 is 11.8 Å². The summed E-state index contributed by atoms with van der Waals surface area (Å²) in [4.78, 5) is 12.0. The molecule has 0 bridgehead atoms. The Morgan fingerprint density at radius 1 is 1.52 bits per heavy atom. The predicted octanol–water partition coefficient (Wildman–Crippen LogP) is 0.990. The van der Waals surface area contributed by atoms with Gasteiger partial charge in [-0.1, -0.05) is 6.07 Å². The smallest absolute Gasteiger partial charge is 0.241 e. The number of tetrazole rings is 1. The summed E-state index contributed by atoms with van der Waals surface area (Å²) in [7, 11) is 0. The molecule has 1 aromatic heterocycles. The highest BCUT2D eigenvalue weighted by Gasteiger charge is 2.13. The highest BCUT2D eigenvalue weighted by molar-refractivity contribution is 7.98. The fourth-order valence-corrected chi connectivity index (χ4v) is 2.29. The van der Waals surface area contributed by atoms with Gasteiger partial charge in [0.15, 0.2) is 5.82 Å². The van der Waals surface area contributed by atoms with Crippen molar-refractivity contribution >= 4 is 23.4 Å². The topological polar surface area (TPSA) is 98.7 Å². The number of rotatable bonds is 6. The third kappa shape index (κ3) is 4.02. The van der Waals surface area contributed by atoms with E-state index in [1.165, 1.54) is 0 Å². The number of hydrogen-bond acceptors (Lipinski definition) is 6. The van der Waals surface area contributed by atoms with Gasteiger partial charge in [-0.05, 0) is 54.0 Å². The number of anilines is 1. The van der Waals surface area contributed by atoms with Crippen molar-refractivity contribution in [1.29, 1.82) is 0 Å². The molecule has 2 rings (SSSR count). The van der Waals surface area contributed by atoms with Crippen LogP contribution in [-0.4, -0.2) is 44.2 Å². The third-order valence-electron chi connectivity index (χ3n) is 2.95. The first-order valence-corrected chi connectivity index (χ1v) is 7.92. The van der Waals surface area contributed by atoms with Crippen LogP contribution in [0.4, 0.5) is 5.69 Å². The molecule has 1 amide bonds. The maximum absolute atomic E-state index is 12.0. The first-order chi connectivity index (χ1) is 10.1. The van der Waals surface area contributed by atoms with Crippen molar-refractivity contribution in [3.63, 3.8) is 0 Å². The van der Waals surface area contributed by atoms with Crippen LogP contribution in [0, 0.1) is 6.92 Å². The lowest BCUT2D eigenvalue weighted by Gasteiger charge is -2.12. The number of nitrogens with two attached hydrogens (primary N) is 1. The van der Waals surface area contributed by atoms with E-state index in [2.05, 4.69) is 20.8 Å². The average molecular weight is 306 g/mol. The summed E-state index contributed by atoms with van der Waals surface area (Å²) in [5, 5.41) is 14.2. The van der Waals surface area contributed by atoms with Crippen LogP contribution in [0.5, 0.6) is 0 Å². The second-order valence-electron chi connectivity index (χ2n) is 4.57. The number of amides is 1. The van der Waals surface area contributed by atoms with E-state index in [-0.39, 0.29) is 5.91 Å². The first-order valence-electron chi connectivity index (χ1n) is 6.52. The van der Waals surface area contributed by atoms with E-state index in [1.54, 1.807) is 16.4 Å². The van der Waals surface area contributed by atoms with Gasteiger partial charge in [0.1, 0.15) is 0 Å². The number of nitrogens with one attached hydrogen (secondary N) is 1. The van der Waals surface area contributed by atoms with E-state index < -0.39 is 6.04 Å². The Kier molecular flexibility index (Phi) is 5.29. The molecule has 0 aliphatic heterocycles. The Hall–Kier alpha value is -1.93. The number of aryl methyl sites for hydroxylation is 1. The molecular formula is C13H18N6OS. The zero-order valence-corrected chi connectivity index (χ0v) is 12.8. The van der Waals surface area contributed by atoms with Crippen LogP contribution in [-0.2, 0) is 4.79 Å². The zero-order chi connectivity index (χ0) is 15.2. The van der Waals surface area contributed by atoms with Gasteiger partial charge in [-0.25, -0.2) is 0 Å². The van der Waals surface area contributed by atoms with Gasteiger partial charge < -0.3 is 11.1 Å². The molecule has 0 aliphatic carbocycles. The van der Waals surface area contributed by atoms with Gasteiger partial charge in [-0.3, -0.25) is 4.79 Å². The van der Waals surface area contributed by atoms with Crippen molar-refractivity contribution < 1.29 is 4.79 Å². The highest BCUT2D eigenvalue weighted by atomic mass is 32.2. The number of hydrogen-bond donors (Lipinski definition) is 2. The molecule has 1 aromatic carbocycles. The minimum atomic E-state index is -0.504. The largest absolute Gasteiger partial charge is 0.325 e. The fraction of sp³-hybridized carbons (Fsp3) is 0.385. The lowest BCUT2D eigenvalue weighted by molar-refractivity contribution is -0.117. The van der Waals surface area contributed by atoms with E-state index in [0.717, 1.165) is 11.4 Å². The van der Waals surface area contributed by atoms with Crippen LogP contribution in [0.25, 0.3) is 5.69 Å². The van der Waals surface area contributed by atoms with Gasteiger partial charge in [0.05, 0.1) is 11.7 Å². The van der Waals surface area contributed by atoms with Crippen molar-refractivity contribution in [1.82, 2.24) is 20.2 Å². The number of benzene rings is 1. The molecular weight excluding hydrogens is 288 g/mol. The quantitative estimate of drug-likeness (QED) is 0.825. The Bertz CT molecular complexity index is 614. The van der Waals surface area contributed by atoms with Crippen molar-refractivity contribution in [2.45, 2.75) is 19.4 Å². The van der Waals surface area contributed by atoms with Crippen LogP contribution in [0.1, 0.15) is 12.2 Å². The van der Waals surface area contributed by atoms with Crippen molar-refractivity contribution in [2.24, 2.45) is 5.73 Å². The second-order valence-corrected chi connectivity index (χ2v) is 5.55. The van der Waals surface area contributed by atoms with Gasteiger partial charge in [0.25, 0.3) is 0 Å². The molecule has 0 radical (unpaired) electrons. The maximum atomic E-state index is 12.0. The lowest BCUT2D eigenvalue weighted by Crippen LogP contribution is -2.36. The van der Waals surface area contributed by atoms with E-state index in [9.17, 15) is 4.79 Å². The molecule has 0 spiro atoms. The van der Waals surface area contributed by atoms with Gasteiger partial charge >= 0.3 is 0 Å². The Morgan fingerprint density at radius 3 is 3.00 bits per heavy atom. The average Bonchev–Trinajstić information content (AvgIpc) is 2.91. The number of carbonyl (C=O) groups is 1. The second kappa shape index (κ2) is 7.19. The minimum absolute atomic E-state index is 0.186. The van der Waals surface area contributed by atoms with Gasteiger partial charge in [-0.15, -0.1) is 5.10 Å². The van der Waals surface area contributed by atoms with Gasteiger partial charge in [0, 0.05) is 5.69 Å². The predicted molar refractivity (Wildman–Crippen MR) is 83.5 cm³/mol. The minimum Gasteiger partial charge on any atom is -0.325 e. The summed E-state index contributed by atoms with van der Waals surface area (Å²) in [6.45, 7) is 1.81. The molecule has 112 valence electrons. The van der Waals surface area contributed by atoms with Crippen molar-refractivity contribution in [2.75, 3.05) is 17.3 Å². The summed E-state index contributed by atoms with van der Waals surface area (Å²) in [6.07, 6.45) is 2.64. The highest BCUT2D eigenvalue weighted by Crippen LogP contribution is 2.15. The third-order valence-corrected chi connectivity index (χ3v) is 3.60. The normalized spacial score (nSPS) is 12.1. The summed E-state index contributed by atoms with van der Waals surface area (Å²) in [5.74, 6) is 1.35. The Labute approximate surface area is 127 Å². The number of aromatic nitrogens is 4. The molecule has 0 aliphatic rings. The van der Waals surface area contributed by atoms with E-state index >= 15 is 0 Å². The maximum Gasteiger partial charge on any atom is 0.241 e. The zero-order valence-electron chi connectivity index (χ0n) is 12.0. The van der Waals surface area contributed by atoms with Crippen molar-refractivity contribution in [3.05, 3.63) is 30.1 Å².